The number of benzene rings is 1. The maximum Gasteiger partial charge on any atom is 0.336 e. The van der Waals surface area contributed by atoms with Gasteiger partial charge in [0, 0.05) is 11.1 Å². The molecule has 1 aromatic carbocycles. The molecular formula is C16H14F2N2O4. The van der Waals surface area contributed by atoms with Crippen LogP contribution in [0, 0.1) is 0 Å². The van der Waals surface area contributed by atoms with E-state index in [2.05, 4.69) is 4.98 Å². The van der Waals surface area contributed by atoms with Crippen LogP contribution in [0.3, 0.4) is 0 Å². The monoisotopic (exact) mass is 336 g/mol. The van der Waals surface area contributed by atoms with Crippen LogP contribution in [-0.4, -0.2) is 29.1 Å². The van der Waals surface area contributed by atoms with Crippen molar-refractivity contribution in [1.29, 1.82) is 0 Å². The zero-order chi connectivity index (χ0) is 17.9. The summed E-state index contributed by atoms with van der Waals surface area (Å²) in [5, 5.41) is 9.35. The molecule has 2 aromatic rings. The minimum Gasteiger partial charge on any atom is -0.494 e. The number of hydrogen-bond acceptors (Lipinski definition) is 4. The van der Waals surface area contributed by atoms with Gasteiger partial charge in [0.1, 0.15) is 11.4 Å². The Morgan fingerprint density at radius 3 is 2.54 bits per heavy atom. The molecule has 3 N–H and O–H groups in total. The topological polar surface area (TPSA) is 103 Å². The SMILES string of the molecule is COc1cnc(C(F)F)cc1-c1cc(CC(N)=O)ccc1C(=O)O. The van der Waals surface area contributed by atoms with Crippen molar-refractivity contribution in [3.05, 3.63) is 47.3 Å². The number of nitrogens with two attached hydrogens (primary N) is 1. The summed E-state index contributed by atoms with van der Waals surface area (Å²) in [5.41, 5.74) is 5.26. The molecule has 0 saturated heterocycles. The van der Waals surface area contributed by atoms with Crippen LogP contribution in [0.5, 0.6) is 5.75 Å². The first-order chi connectivity index (χ1) is 11.3. The Hall–Kier alpha value is -3.03. The molecule has 0 spiro atoms. The molecule has 0 atom stereocenters. The number of pyridine rings is 1. The second kappa shape index (κ2) is 7.03. The van der Waals surface area contributed by atoms with Crippen LogP contribution < -0.4 is 10.5 Å². The van der Waals surface area contributed by atoms with E-state index in [0.717, 1.165) is 12.3 Å². The number of carboxylic acid groups (broad SMARTS) is 1. The summed E-state index contributed by atoms with van der Waals surface area (Å²) >= 11 is 0. The molecule has 0 aliphatic rings. The number of aromatic nitrogens is 1. The molecule has 0 radical (unpaired) electrons. The molecule has 24 heavy (non-hydrogen) atoms. The van der Waals surface area contributed by atoms with Crippen molar-refractivity contribution in [3.63, 3.8) is 0 Å². The molecule has 0 aliphatic heterocycles. The number of primary amides is 1. The van der Waals surface area contributed by atoms with E-state index in [0.29, 0.717) is 5.56 Å². The summed E-state index contributed by atoms with van der Waals surface area (Å²) in [5.74, 6) is -1.70. The fraction of sp³-hybridized carbons (Fsp3) is 0.188. The first-order valence-electron chi connectivity index (χ1n) is 6.80. The standard InChI is InChI=1S/C16H14F2N2O4/c1-24-13-7-20-12(15(17)18)6-11(13)10-4-8(5-14(19)21)2-3-9(10)16(22)23/h2-4,6-7,15H,5H2,1H3,(H2,19,21)(H,22,23). The lowest BCUT2D eigenvalue weighted by atomic mass is 9.95. The highest BCUT2D eigenvalue weighted by Crippen LogP contribution is 2.35. The number of amides is 1. The van der Waals surface area contributed by atoms with Crippen LogP contribution in [-0.2, 0) is 11.2 Å². The van der Waals surface area contributed by atoms with Crippen LogP contribution in [0.2, 0.25) is 0 Å². The van der Waals surface area contributed by atoms with Crippen molar-refractivity contribution >= 4 is 11.9 Å². The fourth-order valence-corrected chi connectivity index (χ4v) is 2.26. The van der Waals surface area contributed by atoms with Crippen LogP contribution in [0.25, 0.3) is 11.1 Å². The van der Waals surface area contributed by atoms with E-state index in [-0.39, 0.29) is 28.9 Å². The van der Waals surface area contributed by atoms with Crippen molar-refractivity contribution in [2.24, 2.45) is 5.73 Å². The molecule has 1 aromatic heterocycles. The molecule has 0 unspecified atom stereocenters. The van der Waals surface area contributed by atoms with Crippen LogP contribution in [0.4, 0.5) is 8.78 Å². The zero-order valence-corrected chi connectivity index (χ0v) is 12.6. The van der Waals surface area contributed by atoms with Gasteiger partial charge in [0.2, 0.25) is 5.91 Å². The maximum absolute atomic E-state index is 12.9. The van der Waals surface area contributed by atoms with E-state index in [1.54, 1.807) is 0 Å². The van der Waals surface area contributed by atoms with Gasteiger partial charge in [-0.15, -0.1) is 0 Å². The normalized spacial score (nSPS) is 10.7. The molecule has 8 heteroatoms. The first kappa shape index (κ1) is 17.3. The molecule has 0 fully saturated rings. The van der Waals surface area contributed by atoms with Gasteiger partial charge in [-0.2, -0.15) is 0 Å². The second-order valence-electron chi connectivity index (χ2n) is 4.94. The summed E-state index contributed by atoms with van der Waals surface area (Å²) in [7, 11) is 1.32. The van der Waals surface area contributed by atoms with Crippen molar-refractivity contribution < 1.29 is 28.2 Å². The average molecular weight is 336 g/mol. The lowest BCUT2D eigenvalue weighted by molar-refractivity contribution is -0.117. The molecule has 1 heterocycles. The average Bonchev–Trinajstić information content (AvgIpc) is 2.53. The summed E-state index contributed by atoms with van der Waals surface area (Å²) in [6, 6.07) is 5.22. The summed E-state index contributed by atoms with van der Waals surface area (Å²) in [6.45, 7) is 0. The van der Waals surface area contributed by atoms with E-state index in [1.165, 1.54) is 25.3 Å². The van der Waals surface area contributed by atoms with Crippen molar-refractivity contribution in [2.45, 2.75) is 12.8 Å². The maximum atomic E-state index is 12.9. The van der Waals surface area contributed by atoms with E-state index < -0.39 is 24.0 Å². The smallest absolute Gasteiger partial charge is 0.336 e. The second-order valence-corrected chi connectivity index (χ2v) is 4.94. The number of ether oxygens (including phenoxy) is 1. The van der Waals surface area contributed by atoms with E-state index in [9.17, 15) is 23.5 Å². The van der Waals surface area contributed by atoms with E-state index in [1.807, 2.05) is 0 Å². The Labute approximate surface area is 135 Å². The highest BCUT2D eigenvalue weighted by atomic mass is 19.3. The Kier molecular flexibility index (Phi) is 5.08. The van der Waals surface area contributed by atoms with Crippen LogP contribution >= 0.6 is 0 Å². The quantitative estimate of drug-likeness (QED) is 0.843. The largest absolute Gasteiger partial charge is 0.494 e. The van der Waals surface area contributed by atoms with Gasteiger partial charge < -0.3 is 15.6 Å². The third kappa shape index (κ3) is 3.65. The van der Waals surface area contributed by atoms with Crippen molar-refractivity contribution in [3.8, 4) is 16.9 Å². The minimum absolute atomic E-state index is 0.109. The van der Waals surface area contributed by atoms with Crippen molar-refractivity contribution in [2.75, 3.05) is 7.11 Å². The Morgan fingerprint density at radius 2 is 2.00 bits per heavy atom. The number of rotatable bonds is 6. The number of carbonyl (C=O) groups is 2. The number of methoxy groups -OCH3 is 1. The number of halogens is 2. The van der Waals surface area contributed by atoms with Gasteiger partial charge in [-0.25, -0.2) is 13.6 Å². The Bertz CT molecular complexity index is 794. The zero-order valence-electron chi connectivity index (χ0n) is 12.6. The Morgan fingerprint density at radius 1 is 1.29 bits per heavy atom. The van der Waals surface area contributed by atoms with Gasteiger partial charge >= 0.3 is 5.97 Å². The molecular weight excluding hydrogens is 322 g/mol. The molecule has 1 amide bonds. The summed E-state index contributed by atoms with van der Waals surface area (Å²) in [6.07, 6.45) is -1.83. The Balaban J connectivity index is 2.70. The van der Waals surface area contributed by atoms with Crippen molar-refractivity contribution in [1.82, 2.24) is 4.98 Å². The molecule has 0 saturated carbocycles. The molecule has 0 bridgehead atoms. The molecule has 2 rings (SSSR count). The van der Waals surface area contributed by atoms with Gasteiger partial charge in [0.25, 0.3) is 6.43 Å². The van der Waals surface area contributed by atoms with Gasteiger partial charge in [-0.1, -0.05) is 6.07 Å². The lowest BCUT2D eigenvalue weighted by Crippen LogP contribution is -2.14. The highest BCUT2D eigenvalue weighted by Gasteiger charge is 2.19. The molecule has 126 valence electrons. The number of nitrogens with zero attached hydrogens (tertiary/aromatic N) is 1. The summed E-state index contributed by atoms with van der Waals surface area (Å²) in [4.78, 5) is 26.1. The predicted molar refractivity (Wildman–Crippen MR) is 81.0 cm³/mol. The highest BCUT2D eigenvalue weighted by molar-refractivity contribution is 5.97. The number of aromatic carboxylic acids is 1. The van der Waals surface area contributed by atoms with E-state index in [4.69, 9.17) is 10.5 Å². The van der Waals surface area contributed by atoms with Crippen LogP contribution in [0.1, 0.15) is 28.0 Å². The number of carbonyl (C=O) groups excluding carboxylic acids is 1. The molecule has 6 nitrogen and oxygen atoms in total. The van der Waals surface area contributed by atoms with Gasteiger partial charge in [-0.05, 0) is 23.8 Å². The number of alkyl halides is 2. The third-order valence-electron chi connectivity index (χ3n) is 3.31. The number of hydrogen-bond donors (Lipinski definition) is 2. The van der Waals surface area contributed by atoms with Crippen LogP contribution in [0.15, 0.2) is 30.5 Å². The summed E-state index contributed by atoms with van der Waals surface area (Å²) < 4.78 is 31.0. The lowest BCUT2D eigenvalue weighted by Gasteiger charge is -2.13. The first-order valence-corrected chi connectivity index (χ1v) is 6.80. The third-order valence-corrected chi connectivity index (χ3v) is 3.31. The number of carboxylic acids is 1. The fourth-order valence-electron chi connectivity index (χ4n) is 2.26. The van der Waals surface area contributed by atoms with Gasteiger partial charge in [0.15, 0.2) is 0 Å². The van der Waals surface area contributed by atoms with Gasteiger partial charge in [-0.3, -0.25) is 9.78 Å². The van der Waals surface area contributed by atoms with Gasteiger partial charge in [0.05, 0.1) is 25.3 Å². The predicted octanol–water partition coefficient (Wildman–Crippen LogP) is 2.42. The van der Waals surface area contributed by atoms with E-state index >= 15 is 0 Å². The molecule has 0 aliphatic carbocycles. The minimum atomic E-state index is -2.82.